The first-order chi connectivity index (χ1) is 10.0. The van der Waals surface area contributed by atoms with E-state index in [4.69, 9.17) is 0 Å². The molecule has 0 heterocycles. The van der Waals surface area contributed by atoms with Gasteiger partial charge in [-0.25, -0.2) is 0 Å². The molecule has 0 fully saturated rings. The minimum absolute atomic E-state index is 0.324. The maximum atomic E-state index is 4.67. The summed E-state index contributed by atoms with van der Waals surface area (Å²) in [6.45, 7) is 14.6. The number of allylic oxidation sites excluding steroid dienone is 5. The summed E-state index contributed by atoms with van der Waals surface area (Å²) >= 11 is 0. The molecule has 0 aromatic carbocycles. The van der Waals surface area contributed by atoms with Crippen LogP contribution in [0.3, 0.4) is 0 Å². The van der Waals surface area contributed by atoms with E-state index >= 15 is 0 Å². The van der Waals surface area contributed by atoms with Gasteiger partial charge in [0, 0.05) is 11.6 Å². The van der Waals surface area contributed by atoms with E-state index in [0.29, 0.717) is 12.6 Å². The molecule has 1 N–H and O–H groups in total. The zero-order valence-corrected chi connectivity index (χ0v) is 14.0. The summed E-state index contributed by atoms with van der Waals surface area (Å²) in [5.74, 6) is 0.884. The molecule has 0 aliphatic heterocycles. The van der Waals surface area contributed by atoms with Gasteiger partial charge in [-0.15, -0.1) is 5.73 Å². The quantitative estimate of drug-likeness (QED) is 0.310. The van der Waals surface area contributed by atoms with Crippen LogP contribution in [-0.4, -0.2) is 18.4 Å². The Morgan fingerprint density at radius 1 is 1.29 bits per heavy atom. The van der Waals surface area contributed by atoms with Gasteiger partial charge in [-0.2, -0.15) is 0 Å². The van der Waals surface area contributed by atoms with Crippen molar-refractivity contribution in [2.24, 2.45) is 4.99 Å². The molecule has 0 rings (SSSR count). The monoisotopic (exact) mass is 284 g/mol. The third-order valence-electron chi connectivity index (χ3n) is 2.44. The highest BCUT2D eigenvalue weighted by atomic mass is 15.0. The molecule has 2 nitrogen and oxygen atoms in total. The SMILES string of the molecule is C=C/C=C(\C=C/C)C(=NCC(C)=C=C/C=C\C)NC(C)C. The molecule has 0 aliphatic rings. The van der Waals surface area contributed by atoms with E-state index in [2.05, 4.69) is 36.5 Å². The summed E-state index contributed by atoms with van der Waals surface area (Å²) in [6.07, 6.45) is 13.6. The number of amidine groups is 1. The van der Waals surface area contributed by atoms with Gasteiger partial charge in [0.15, 0.2) is 0 Å². The van der Waals surface area contributed by atoms with E-state index in [-0.39, 0.29) is 0 Å². The van der Waals surface area contributed by atoms with E-state index < -0.39 is 0 Å². The standard InChI is InChI=1S/C19H28N2/c1-7-10-11-14-17(6)15-20-19(21-16(4)5)18(12-8-2)13-9-3/h7-13,16H,2,15H2,1,3-6H3,(H,20,21)/b10-7-,13-9-,18-12+. The second kappa shape index (κ2) is 11.7. The molecule has 0 aromatic heterocycles. The minimum atomic E-state index is 0.324. The third-order valence-corrected chi connectivity index (χ3v) is 2.44. The zero-order chi connectivity index (χ0) is 16.1. The second-order valence-electron chi connectivity index (χ2n) is 4.94. The lowest BCUT2D eigenvalue weighted by Gasteiger charge is -2.14. The van der Waals surface area contributed by atoms with Gasteiger partial charge in [0.25, 0.3) is 0 Å². The number of rotatable bonds is 7. The Bertz CT molecular complexity index is 494. The molecule has 0 atom stereocenters. The van der Waals surface area contributed by atoms with Gasteiger partial charge in [0.2, 0.25) is 0 Å². The smallest absolute Gasteiger partial charge is 0.128 e. The van der Waals surface area contributed by atoms with Crippen molar-refractivity contribution in [1.29, 1.82) is 0 Å². The first-order valence-electron chi connectivity index (χ1n) is 7.35. The maximum absolute atomic E-state index is 4.67. The maximum Gasteiger partial charge on any atom is 0.128 e. The van der Waals surface area contributed by atoms with Crippen LogP contribution in [0.4, 0.5) is 0 Å². The Labute approximate surface area is 130 Å². The predicted molar refractivity (Wildman–Crippen MR) is 95.8 cm³/mol. The van der Waals surface area contributed by atoms with Crippen molar-refractivity contribution in [2.75, 3.05) is 6.54 Å². The topological polar surface area (TPSA) is 24.4 Å². The normalized spacial score (nSPS) is 12.9. The van der Waals surface area contributed by atoms with E-state index in [0.717, 1.165) is 17.0 Å². The summed E-state index contributed by atoms with van der Waals surface area (Å²) in [5, 5.41) is 3.39. The lowest BCUT2D eigenvalue weighted by Crippen LogP contribution is -2.31. The van der Waals surface area contributed by atoms with Crippen LogP contribution in [0.15, 0.2) is 71.0 Å². The van der Waals surface area contributed by atoms with E-state index in [1.807, 2.05) is 57.2 Å². The van der Waals surface area contributed by atoms with E-state index in [1.54, 1.807) is 6.08 Å². The highest BCUT2D eigenvalue weighted by molar-refractivity contribution is 6.01. The molecule has 0 saturated carbocycles. The van der Waals surface area contributed by atoms with Crippen molar-refractivity contribution >= 4 is 5.84 Å². The number of aliphatic imine (C=N–C) groups is 1. The van der Waals surface area contributed by atoms with Gasteiger partial charge >= 0.3 is 0 Å². The average molecular weight is 284 g/mol. The number of nitrogens with one attached hydrogen (secondary N) is 1. The first-order valence-corrected chi connectivity index (χ1v) is 7.35. The van der Waals surface area contributed by atoms with Gasteiger partial charge in [-0.1, -0.05) is 43.0 Å². The van der Waals surface area contributed by atoms with Crippen LogP contribution < -0.4 is 5.32 Å². The van der Waals surface area contributed by atoms with Crippen molar-refractivity contribution in [3.8, 4) is 0 Å². The Morgan fingerprint density at radius 3 is 2.52 bits per heavy atom. The molecule has 0 aliphatic carbocycles. The Balaban J connectivity index is 5.31. The summed E-state index contributed by atoms with van der Waals surface area (Å²) in [5.41, 5.74) is 5.33. The molecule has 0 bridgehead atoms. The highest BCUT2D eigenvalue weighted by Gasteiger charge is 2.05. The lowest BCUT2D eigenvalue weighted by molar-refractivity contribution is 0.731. The molecular formula is C19H28N2. The largest absolute Gasteiger partial charge is 0.368 e. The van der Waals surface area contributed by atoms with E-state index in [1.165, 1.54) is 0 Å². The molecule has 21 heavy (non-hydrogen) atoms. The van der Waals surface area contributed by atoms with Crippen LogP contribution in [0.25, 0.3) is 0 Å². The van der Waals surface area contributed by atoms with Crippen molar-refractivity contribution in [1.82, 2.24) is 5.32 Å². The van der Waals surface area contributed by atoms with Crippen LogP contribution in [0.2, 0.25) is 0 Å². The van der Waals surface area contributed by atoms with Gasteiger partial charge < -0.3 is 5.32 Å². The van der Waals surface area contributed by atoms with Gasteiger partial charge in [-0.3, -0.25) is 4.99 Å². The average Bonchev–Trinajstić information content (AvgIpc) is 2.43. The first kappa shape index (κ1) is 18.9. The number of hydrogen-bond donors (Lipinski definition) is 1. The molecular weight excluding hydrogens is 256 g/mol. The molecule has 0 spiro atoms. The van der Waals surface area contributed by atoms with Crippen molar-refractivity contribution in [2.45, 2.75) is 40.7 Å². The fraction of sp³-hybridized carbons (Fsp3) is 0.368. The van der Waals surface area contributed by atoms with Crippen molar-refractivity contribution < 1.29 is 0 Å². The molecule has 0 saturated heterocycles. The van der Waals surface area contributed by atoms with Crippen LogP contribution in [0.1, 0.15) is 34.6 Å². The number of nitrogens with zero attached hydrogens (tertiary/aromatic N) is 1. The third kappa shape index (κ3) is 9.48. The molecule has 114 valence electrons. The summed E-state index contributed by atoms with van der Waals surface area (Å²) in [4.78, 5) is 4.67. The van der Waals surface area contributed by atoms with Crippen LogP contribution >= 0.6 is 0 Å². The highest BCUT2D eigenvalue weighted by Crippen LogP contribution is 2.03. The van der Waals surface area contributed by atoms with Crippen molar-refractivity contribution in [3.05, 3.63) is 66.0 Å². The van der Waals surface area contributed by atoms with Crippen LogP contribution in [-0.2, 0) is 0 Å². The molecule has 0 amide bonds. The summed E-state index contributed by atoms with van der Waals surface area (Å²) < 4.78 is 0. The zero-order valence-electron chi connectivity index (χ0n) is 14.0. The predicted octanol–water partition coefficient (Wildman–Crippen LogP) is 4.75. The fourth-order valence-corrected chi connectivity index (χ4v) is 1.54. The van der Waals surface area contributed by atoms with Gasteiger partial charge in [0.05, 0.1) is 6.54 Å². The Hall–Kier alpha value is -2.05. The molecule has 0 unspecified atom stereocenters. The Morgan fingerprint density at radius 2 is 2.00 bits per heavy atom. The lowest BCUT2D eigenvalue weighted by atomic mass is 10.2. The summed E-state index contributed by atoms with van der Waals surface area (Å²) in [6, 6.07) is 0.324. The molecule has 0 aromatic rings. The molecule has 0 radical (unpaired) electrons. The Kier molecular flexibility index (Phi) is 10.6. The van der Waals surface area contributed by atoms with Crippen LogP contribution in [0.5, 0.6) is 0 Å². The molecule has 2 heteroatoms. The number of hydrogen-bond acceptors (Lipinski definition) is 1. The van der Waals surface area contributed by atoms with Gasteiger partial charge in [0.1, 0.15) is 5.84 Å². The fourth-order valence-electron chi connectivity index (χ4n) is 1.54. The van der Waals surface area contributed by atoms with Gasteiger partial charge in [-0.05, 0) is 46.3 Å². The second-order valence-corrected chi connectivity index (χ2v) is 4.94. The van der Waals surface area contributed by atoms with Crippen molar-refractivity contribution in [3.63, 3.8) is 0 Å². The summed E-state index contributed by atoms with van der Waals surface area (Å²) in [7, 11) is 0. The minimum Gasteiger partial charge on any atom is -0.368 e. The van der Waals surface area contributed by atoms with E-state index in [9.17, 15) is 0 Å². The van der Waals surface area contributed by atoms with Crippen LogP contribution in [0, 0.1) is 0 Å².